The Hall–Kier alpha value is -2.23. The Balaban J connectivity index is 1.63. The van der Waals surface area contributed by atoms with E-state index in [4.69, 9.17) is 9.47 Å². The van der Waals surface area contributed by atoms with E-state index in [9.17, 15) is 4.79 Å². The number of carbonyl (C=O) groups is 1. The number of fused-ring (bicyclic) bond motifs is 1. The Bertz CT molecular complexity index is 878. The molecule has 2 aromatic rings. The molecule has 0 N–H and O–H groups in total. The molecule has 1 atom stereocenters. The van der Waals surface area contributed by atoms with Crippen molar-refractivity contribution in [3.8, 4) is 5.75 Å². The molecule has 1 unspecified atom stereocenters. The van der Waals surface area contributed by atoms with Crippen LogP contribution in [0.5, 0.6) is 5.75 Å². The van der Waals surface area contributed by atoms with Crippen molar-refractivity contribution in [3.63, 3.8) is 0 Å². The average Bonchev–Trinajstić information content (AvgIpc) is 2.72. The summed E-state index contributed by atoms with van der Waals surface area (Å²) in [5.41, 5.74) is 1.49. The summed E-state index contributed by atoms with van der Waals surface area (Å²) in [5.74, 6) is 1.61. The van der Waals surface area contributed by atoms with Crippen molar-refractivity contribution >= 4 is 22.4 Å². The lowest BCUT2D eigenvalue weighted by Gasteiger charge is -2.37. The summed E-state index contributed by atoms with van der Waals surface area (Å²) in [4.78, 5) is 13.9. The van der Waals surface area contributed by atoms with E-state index >= 15 is 0 Å². The Labute approximate surface area is 187 Å². The molecule has 2 aromatic carbocycles. The van der Waals surface area contributed by atoms with Crippen LogP contribution in [0.25, 0.3) is 10.8 Å². The third kappa shape index (κ3) is 6.15. The number of carbonyl (C=O) groups excluding carboxylic acids is 1. The number of rotatable bonds is 7. The van der Waals surface area contributed by atoms with Gasteiger partial charge in [0.1, 0.15) is 5.75 Å². The van der Waals surface area contributed by atoms with Crippen LogP contribution in [0.4, 0.5) is 5.69 Å². The Morgan fingerprint density at radius 1 is 1.06 bits per heavy atom. The first-order valence-corrected chi connectivity index (χ1v) is 11.8. The molecule has 0 radical (unpaired) electrons. The van der Waals surface area contributed by atoms with Crippen LogP contribution < -0.4 is 9.64 Å². The number of benzene rings is 2. The summed E-state index contributed by atoms with van der Waals surface area (Å²) in [6.45, 7) is 11.4. The molecule has 0 spiro atoms. The van der Waals surface area contributed by atoms with Crippen LogP contribution in [0.3, 0.4) is 0 Å². The van der Waals surface area contributed by atoms with Gasteiger partial charge in [-0.1, -0.05) is 32.9 Å². The van der Waals surface area contributed by atoms with Gasteiger partial charge >= 0.3 is 5.97 Å². The van der Waals surface area contributed by atoms with Crippen LogP contribution in [-0.4, -0.2) is 31.8 Å². The molecule has 4 nitrogen and oxygen atoms in total. The highest BCUT2D eigenvalue weighted by molar-refractivity contribution is 5.87. The third-order valence-corrected chi connectivity index (χ3v) is 6.83. The molecular weight excluding hydrogens is 386 g/mol. The van der Waals surface area contributed by atoms with Crippen molar-refractivity contribution < 1.29 is 14.3 Å². The number of nitrogens with zero attached hydrogens (tertiary/aromatic N) is 1. The lowest BCUT2D eigenvalue weighted by molar-refractivity contribution is -0.143. The number of esters is 1. The van der Waals surface area contributed by atoms with Crippen LogP contribution in [-0.2, 0) is 9.53 Å². The topological polar surface area (TPSA) is 38.8 Å². The molecule has 1 saturated carbocycles. The molecule has 1 fully saturated rings. The highest BCUT2D eigenvalue weighted by Gasteiger charge is 2.30. The summed E-state index contributed by atoms with van der Waals surface area (Å²) in [7, 11) is 2.02. The Morgan fingerprint density at radius 3 is 2.35 bits per heavy atom. The monoisotopic (exact) mass is 425 g/mol. The molecule has 1 aliphatic rings. The zero-order valence-electron chi connectivity index (χ0n) is 20.1. The molecule has 0 saturated heterocycles. The van der Waals surface area contributed by atoms with E-state index in [1.807, 2.05) is 20.9 Å². The molecular formula is C27H39NO3. The van der Waals surface area contributed by atoms with Gasteiger partial charge in [-0.3, -0.25) is 4.79 Å². The van der Waals surface area contributed by atoms with E-state index in [-0.39, 0.29) is 12.0 Å². The SMILES string of the molecule is CCOC(=O)CC(C)N(C)c1ccc2cc(O[C@H]3CC[C@H](C(C)(C)C)CC3)ccc2c1. The second-order valence-electron chi connectivity index (χ2n) is 10.1. The second kappa shape index (κ2) is 9.93. The Morgan fingerprint density at radius 2 is 1.71 bits per heavy atom. The van der Waals surface area contributed by atoms with E-state index in [1.54, 1.807) is 0 Å². The van der Waals surface area contributed by atoms with Gasteiger partial charge in [-0.05, 0) is 85.9 Å². The van der Waals surface area contributed by atoms with Gasteiger partial charge in [0, 0.05) is 18.8 Å². The summed E-state index contributed by atoms with van der Waals surface area (Å²) in [6, 6.07) is 12.9. The van der Waals surface area contributed by atoms with Gasteiger partial charge in [-0.15, -0.1) is 0 Å². The highest BCUT2D eigenvalue weighted by atomic mass is 16.5. The third-order valence-electron chi connectivity index (χ3n) is 6.83. The quantitative estimate of drug-likeness (QED) is 0.468. The van der Waals surface area contributed by atoms with Gasteiger partial charge in [-0.2, -0.15) is 0 Å². The molecule has 4 heteroatoms. The first-order valence-electron chi connectivity index (χ1n) is 11.8. The number of anilines is 1. The minimum Gasteiger partial charge on any atom is -0.490 e. The summed E-state index contributed by atoms with van der Waals surface area (Å²) < 4.78 is 11.4. The maximum atomic E-state index is 11.8. The number of ether oxygens (including phenoxy) is 2. The van der Waals surface area contributed by atoms with Crippen molar-refractivity contribution in [2.24, 2.45) is 11.3 Å². The van der Waals surface area contributed by atoms with Crippen molar-refractivity contribution in [3.05, 3.63) is 36.4 Å². The van der Waals surface area contributed by atoms with Crippen molar-refractivity contribution in [2.45, 2.75) is 78.9 Å². The lowest BCUT2D eigenvalue weighted by atomic mass is 9.72. The maximum Gasteiger partial charge on any atom is 0.307 e. The van der Waals surface area contributed by atoms with Gasteiger partial charge in [-0.25, -0.2) is 0 Å². The molecule has 0 bridgehead atoms. The van der Waals surface area contributed by atoms with E-state index in [2.05, 4.69) is 62.1 Å². The van der Waals surface area contributed by atoms with Crippen molar-refractivity contribution in [1.82, 2.24) is 0 Å². The molecule has 31 heavy (non-hydrogen) atoms. The molecule has 1 aliphatic carbocycles. The van der Waals surface area contributed by atoms with Crippen molar-refractivity contribution in [2.75, 3.05) is 18.6 Å². The molecule has 0 aliphatic heterocycles. The zero-order valence-corrected chi connectivity index (χ0v) is 20.1. The minimum atomic E-state index is -0.152. The minimum absolute atomic E-state index is 0.0716. The predicted octanol–water partition coefficient (Wildman–Crippen LogP) is 6.60. The van der Waals surface area contributed by atoms with Crippen molar-refractivity contribution in [1.29, 1.82) is 0 Å². The normalized spacial score (nSPS) is 20.3. The van der Waals surface area contributed by atoms with Gasteiger partial charge in [0.25, 0.3) is 0 Å². The summed E-state index contributed by atoms with van der Waals surface area (Å²) >= 11 is 0. The van der Waals surface area contributed by atoms with Gasteiger partial charge < -0.3 is 14.4 Å². The standard InChI is InChI=1S/C27H39NO3/c1-7-30-26(29)16-19(2)28(6)23-12-8-21-18-25(13-9-20(21)17-23)31-24-14-10-22(11-15-24)27(3,4)5/h8-9,12-13,17-19,22,24H,7,10-11,14-16H2,1-6H3/t19?,22-,24-. The molecule has 0 heterocycles. The maximum absolute atomic E-state index is 11.8. The molecule has 170 valence electrons. The fourth-order valence-electron chi connectivity index (χ4n) is 4.60. The molecule has 0 amide bonds. The van der Waals surface area contributed by atoms with Gasteiger partial charge in [0.05, 0.1) is 19.1 Å². The first kappa shape index (κ1) is 23.4. The van der Waals surface area contributed by atoms with E-state index in [1.165, 1.54) is 23.6 Å². The lowest BCUT2D eigenvalue weighted by Crippen LogP contribution is -2.31. The first-order chi connectivity index (χ1) is 14.7. The smallest absolute Gasteiger partial charge is 0.307 e. The number of hydrogen-bond acceptors (Lipinski definition) is 4. The van der Waals surface area contributed by atoms with E-state index in [0.717, 1.165) is 30.2 Å². The number of hydrogen-bond donors (Lipinski definition) is 0. The zero-order chi connectivity index (χ0) is 22.6. The summed E-state index contributed by atoms with van der Waals surface area (Å²) in [6.07, 6.45) is 5.49. The summed E-state index contributed by atoms with van der Waals surface area (Å²) in [5, 5.41) is 2.35. The fourth-order valence-corrected chi connectivity index (χ4v) is 4.60. The molecule has 0 aromatic heterocycles. The van der Waals surface area contributed by atoms with Gasteiger partial charge in [0.2, 0.25) is 0 Å². The van der Waals surface area contributed by atoms with Crippen LogP contribution in [0.15, 0.2) is 36.4 Å². The largest absolute Gasteiger partial charge is 0.490 e. The highest BCUT2D eigenvalue weighted by Crippen LogP contribution is 2.39. The van der Waals surface area contributed by atoms with Crippen LogP contribution in [0.1, 0.15) is 66.7 Å². The van der Waals surface area contributed by atoms with E-state index < -0.39 is 0 Å². The van der Waals surface area contributed by atoms with Crippen LogP contribution >= 0.6 is 0 Å². The van der Waals surface area contributed by atoms with Crippen LogP contribution in [0, 0.1) is 11.3 Å². The fraction of sp³-hybridized carbons (Fsp3) is 0.593. The van der Waals surface area contributed by atoms with Gasteiger partial charge in [0.15, 0.2) is 0 Å². The average molecular weight is 426 g/mol. The predicted molar refractivity (Wildman–Crippen MR) is 129 cm³/mol. The molecule has 3 rings (SSSR count). The Kier molecular flexibility index (Phi) is 7.51. The van der Waals surface area contributed by atoms with E-state index in [0.29, 0.717) is 24.5 Å². The van der Waals surface area contributed by atoms with Crippen LogP contribution in [0.2, 0.25) is 0 Å². The second-order valence-corrected chi connectivity index (χ2v) is 10.1.